The molecule has 0 amide bonds. The molecule has 4 nitrogen and oxygen atoms in total. The van der Waals surface area contributed by atoms with Crippen LogP contribution in [0.3, 0.4) is 0 Å². The maximum absolute atomic E-state index is 11.7. The first kappa shape index (κ1) is 15.7. The highest BCUT2D eigenvalue weighted by Crippen LogP contribution is 2.21. The lowest BCUT2D eigenvalue weighted by Gasteiger charge is -2.14. The highest BCUT2D eigenvalue weighted by molar-refractivity contribution is 7.80. The number of thiocarbonyl (C=S) groups is 1. The van der Waals surface area contributed by atoms with Gasteiger partial charge in [-0.1, -0.05) is 11.6 Å². The number of halogens is 1. The number of anilines is 1. The molecule has 0 atom stereocenters. The van der Waals surface area contributed by atoms with Crippen molar-refractivity contribution in [2.75, 3.05) is 11.9 Å². The number of carbonyl (C=O) groups excluding carboxylic acids is 1. The number of ether oxygens (including phenoxy) is 1. The molecule has 1 aromatic carbocycles. The highest BCUT2D eigenvalue weighted by atomic mass is 35.5. The predicted octanol–water partition coefficient (Wildman–Crippen LogP) is 3.21. The molecule has 0 radical (unpaired) electrons. The number of nitrogens with one attached hydrogen (secondary N) is 2. The Kier molecular flexibility index (Phi) is 6.05. The summed E-state index contributed by atoms with van der Waals surface area (Å²) in [6.07, 6.45) is 0. The molecule has 19 heavy (non-hydrogen) atoms. The molecule has 0 aliphatic rings. The van der Waals surface area contributed by atoms with E-state index in [0.717, 1.165) is 0 Å². The standard InChI is InChI=1S/C13H17ClN2O2S/c1-4-18-12(17)10-7-9(5-6-11(10)14)16-13(19)15-8(2)3/h5-8H,4H2,1-3H3,(H2,15,16,19). The van der Waals surface area contributed by atoms with E-state index in [9.17, 15) is 4.79 Å². The zero-order valence-corrected chi connectivity index (χ0v) is 12.7. The summed E-state index contributed by atoms with van der Waals surface area (Å²) >= 11 is 11.1. The molecule has 1 aromatic rings. The molecule has 0 saturated carbocycles. The van der Waals surface area contributed by atoms with Crippen LogP contribution in [0.1, 0.15) is 31.1 Å². The predicted molar refractivity (Wildman–Crippen MR) is 81.9 cm³/mol. The van der Waals surface area contributed by atoms with Crippen LogP contribution in [0.5, 0.6) is 0 Å². The minimum absolute atomic E-state index is 0.233. The molecule has 0 saturated heterocycles. The number of rotatable bonds is 4. The molecule has 0 heterocycles. The average molecular weight is 301 g/mol. The Hall–Kier alpha value is -1.33. The highest BCUT2D eigenvalue weighted by Gasteiger charge is 2.12. The number of esters is 1. The van der Waals surface area contributed by atoms with Crippen molar-refractivity contribution >= 4 is 40.6 Å². The van der Waals surface area contributed by atoms with E-state index in [4.69, 9.17) is 28.6 Å². The second kappa shape index (κ2) is 7.31. The molecule has 0 spiro atoms. The second-order valence-corrected chi connectivity index (χ2v) is 4.98. The van der Waals surface area contributed by atoms with E-state index in [1.807, 2.05) is 13.8 Å². The Balaban J connectivity index is 2.84. The van der Waals surface area contributed by atoms with E-state index in [2.05, 4.69) is 10.6 Å². The Bertz CT molecular complexity index is 478. The summed E-state index contributed by atoms with van der Waals surface area (Å²) in [5.74, 6) is -0.445. The Morgan fingerprint density at radius 3 is 2.74 bits per heavy atom. The Morgan fingerprint density at radius 1 is 1.47 bits per heavy atom. The SMILES string of the molecule is CCOC(=O)c1cc(NC(=S)NC(C)C)ccc1Cl. The Morgan fingerprint density at radius 2 is 2.16 bits per heavy atom. The van der Waals surface area contributed by atoms with Gasteiger partial charge in [-0.3, -0.25) is 0 Å². The van der Waals surface area contributed by atoms with Gasteiger partial charge in [-0.05, 0) is 51.2 Å². The largest absolute Gasteiger partial charge is 0.462 e. The molecular weight excluding hydrogens is 284 g/mol. The lowest BCUT2D eigenvalue weighted by molar-refractivity contribution is 0.0526. The van der Waals surface area contributed by atoms with Gasteiger partial charge < -0.3 is 15.4 Å². The Labute approximate surface area is 123 Å². The zero-order chi connectivity index (χ0) is 14.4. The van der Waals surface area contributed by atoms with Crippen LogP contribution in [0, 0.1) is 0 Å². The first-order valence-electron chi connectivity index (χ1n) is 5.98. The maximum Gasteiger partial charge on any atom is 0.339 e. The minimum atomic E-state index is -0.445. The minimum Gasteiger partial charge on any atom is -0.462 e. The van der Waals surface area contributed by atoms with Gasteiger partial charge >= 0.3 is 5.97 Å². The van der Waals surface area contributed by atoms with Crippen molar-refractivity contribution in [1.29, 1.82) is 0 Å². The van der Waals surface area contributed by atoms with Gasteiger partial charge in [0.15, 0.2) is 5.11 Å². The summed E-state index contributed by atoms with van der Waals surface area (Å²) in [4.78, 5) is 11.7. The molecule has 0 fully saturated rings. The van der Waals surface area contributed by atoms with Gasteiger partial charge in [0.1, 0.15) is 0 Å². The van der Waals surface area contributed by atoms with Crippen LogP contribution in [0.15, 0.2) is 18.2 Å². The van der Waals surface area contributed by atoms with Crippen LogP contribution in [-0.2, 0) is 4.74 Å². The maximum atomic E-state index is 11.7. The van der Waals surface area contributed by atoms with Crippen LogP contribution >= 0.6 is 23.8 Å². The lowest BCUT2D eigenvalue weighted by Crippen LogP contribution is -2.33. The average Bonchev–Trinajstić information content (AvgIpc) is 2.30. The van der Waals surface area contributed by atoms with Crippen LogP contribution in [0.25, 0.3) is 0 Å². The molecule has 1 rings (SSSR count). The zero-order valence-electron chi connectivity index (χ0n) is 11.1. The van der Waals surface area contributed by atoms with Crippen molar-refractivity contribution in [3.05, 3.63) is 28.8 Å². The summed E-state index contributed by atoms with van der Waals surface area (Å²) in [6.45, 7) is 6.02. The van der Waals surface area contributed by atoms with E-state index in [-0.39, 0.29) is 6.04 Å². The smallest absolute Gasteiger partial charge is 0.339 e. The van der Waals surface area contributed by atoms with Gasteiger partial charge in [0.2, 0.25) is 0 Å². The van der Waals surface area contributed by atoms with Crippen molar-refractivity contribution in [2.45, 2.75) is 26.8 Å². The number of carbonyl (C=O) groups is 1. The van der Waals surface area contributed by atoms with Gasteiger partial charge in [0.05, 0.1) is 17.2 Å². The van der Waals surface area contributed by atoms with E-state index < -0.39 is 5.97 Å². The van der Waals surface area contributed by atoms with Gasteiger partial charge in [-0.25, -0.2) is 4.79 Å². The summed E-state index contributed by atoms with van der Waals surface area (Å²) in [6, 6.07) is 5.24. The fraction of sp³-hybridized carbons (Fsp3) is 0.385. The summed E-state index contributed by atoms with van der Waals surface area (Å²) in [5, 5.41) is 6.89. The molecule has 0 aliphatic heterocycles. The molecule has 0 aromatic heterocycles. The van der Waals surface area contributed by atoms with Crippen molar-refractivity contribution in [3.8, 4) is 0 Å². The quantitative estimate of drug-likeness (QED) is 0.660. The van der Waals surface area contributed by atoms with Crippen LogP contribution in [-0.4, -0.2) is 23.7 Å². The van der Waals surface area contributed by atoms with Crippen molar-refractivity contribution < 1.29 is 9.53 Å². The monoisotopic (exact) mass is 300 g/mol. The number of hydrogen-bond acceptors (Lipinski definition) is 3. The molecule has 0 unspecified atom stereocenters. The first-order chi connectivity index (χ1) is 8.93. The second-order valence-electron chi connectivity index (χ2n) is 4.17. The first-order valence-corrected chi connectivity index (χ1v) is 6.76. The third-order valence-electron chi connectivity index (χ3n) is 2.14. The van der Waals surface area contributed by atoms with Crippen molar-refractivity contribution in [1.82, 2.24) is 5.32 Å². The fourth-order valence-electron chi connectivity index (χ4n) is 1.40. The summed E-state index contributed by atoms with van der Waals surface area (Å²) in [7, 11) is 0. The molecule has 0 bridgehead atoms. The third-order valence-corrected chi connectivity index (χ3v) is 2.69. The number of benzene rings is 1. The van der Waals surface area contributed by atoms with Crippen LogP contribution in [0.4, 0.5) is 5.69 Å². The van der Waals surface area contributed by atoms with E-state index >= 15 is 0 Å². The molecule has 0 aliphatic carbocycles. The van der Waals surface area contributed by atoms with E-state index in [1.165, 1.54) is 0 Å². The van der Waals surface area contributed by atoms with E-state index in [1.54, 1.807) is 25.1 Å². The summed E-state index contributed by atoms with van der Waals surface area (Å²) in [5.41, 5.74) is 1.01. The lowest BCUT2D eigenvalue weighted by atomic mass is 10.2. The van der Waals surface area contributed by atoms with Gasteiger partial charge in [-0.2, -0.15) is 0 Å². The fourth-order valence-corrected chi connectivity index (χ4v) is 1.95. The van der Waals surface area contributed by atoms with Gasteiger partial charge in [-0.15, -0.1) is 0 Å². The van der Waals surface area contributed by atoms with E-state index in [0.29, 0.717) is 28.0 Å². The van der Waals surface area contributed by atoms with Gasteiger partial charge in [0, 0.05) is 11.7 Å². The molecule has 2 N–H and O–H groups in total. The normalized spacial score (nSPS) is 10.2. The van der Waals surface area contributed by atoms with Gasteiger partial charge in [0.25, 0.3) is 0 Å². The topological polar surface area (TPSA) is 50.4 Å². The van der Waals surface area contributed by atoms with Crippen molar-refractivity contribution in [3.63, 3.8) is 0 Å². The summed E-state index contributed by atoms with van der Waals surface area (Å²) < 4.78 is 4.93. The van der Waals surface area contributed by atoms with Crippen LogP contribution < -0.4 is 10.6 Å². The number of hydrogen-bond donors (Lipinski definition) is 2. The third kappa shape index (κ3) is 5.04. The molecule has 6 heteroatoms. The van der Waals surface area contributed by atoms with Crippen LogP contribution in [0.2, 0.25) is 5.02 Å². The molecule has 104 valence electrons. The molecular formula is C13H17ClN2O2S. The van der Waals surface area contributed by atoms with Crippen molar-refractivity contribution in [2.24, 2.45) is 0 Å².